The third kappa shape index (κ3) is 2.26. The van der Waals surface area contributed by atoms with Crippen molar-refractivity contribution in [3.8, 4) is 0 Å². The first kappa shape index (κ1) is 11.9. The molecule has 0 unspecified atom stereocenters. The van der Waals surface area contributed by atoms with E-state index >= 15 is 0 Å². The minimum Gasteiger partial charge on any atom is -0.287 e. The molecule has 1 aromatic carbocycles. The topological polar surface area (TPSA) is 34.9 Å². The first-order valence-corrected chi connectivity index (χ1v) is 6.49. The van der Waals surface area contributed by atoms with Crippen molar-refractivity contribution in [3.63, 3.8) is 0 Å². The summed E-state index contributed by atoms with van der Waals surface area (Å²) < 4.78 is 1.70. The number of nitrogens with zero attached hydrogens (tertiary/aromatic N) is 2. The molecule has 0 saturated heterocycles. The van der Waals surface area contributed by atoms with Gasteiger partial charge in [0, 0.05) is 12.3 Å². The molecular formula is C13H14N2OS. The van der Waals surface area contributed by atoms with Crippen molar-refractivity contribution in [1.82, 2.24) is 9.55 Å². The maximum absolute atomic E-state index is 12.2. The van der Waals surface area contributed by atoms with Crippen LogP contribution in [-0.4, -0.2) is 15.3 Å². The van der Waals surface area contributed by atoms with E-state index in [4.69, 9.17) is 0 Å². The van der Waals surface area contributed by atoms with Gasteiger partial charge in [0.1, 0.15) is 0 Å². The molecule has 3 nitrogen and oxygen atoms in total. The van der Waals surface area contributed by atoms with Crippen molar-refractivity contribution >= 4 is 22.7 Å². The summed E-state index contributed by atoms with van der Waals surface area (Å²) in [5.74, 6) is 0.755. The quantitative estimate of drug-likeness (QED) is 0.472. The smallest absolute Gasteiger partial charge is 0.262 e. The average Bonchev–Trinajstić information content (AvgIpc) is 2.36. The lowest BCUT2D eigenvalue weighted by Crippen LogP contribution is -2.22. The highest BCUT2D eigenvalue weighted by Gasteiger charge is 2.08. The van der Waals surface area contributed by atoms with Gasteiger partial charge >= 0.3 is 0 Å². The lowest BCUT2D eigenvalue weighted by molar-refractivity contribution is 0.635. The Morgan fingerprint density at radius 3 is 2.94 bits per heavy atom. The van der Waals surface area contributed by atoms with Gasteiger partial charge in [-0.25, -0.2) is 4.98 Å². The van der Waals surface area contributed by atoms with Crippen LogP contribution in [-0.2, 0) is 6.54 Å². The molecule has 0 aliphatic heterocycles. The number of hydrogen-bond donors (Lipinski definition) is 0. The van der Waals surface area contributed by atoms with E-state index < -0.39 is 0 Å². The van der Waals surface area contributed by atoms with Crippen LogP contribution in [0.15, 0.2) is 46.9 Å². The van der Waals surface area contributed by atoms with Crippen molar-refractivity contribution in [3.05, 3.63) is 47.3 Å². The highest BCUT2D eigenvalue weighted by molar-refractivity contribution is 7.99. The predicted molar refractivity (Wildman–Crippen MR) is 72.6 cm³/mol. The van der Waals surface area contributed by atoms with Crippen LogP contribution < -0.4 is 5.56 Å². The lowest BCUT2D eigenvalue weighted by Gasteiger charge is -2.09. The Morgan fingerprint density at radius 1 is 1.47 bits per heavy atom. The van der Waals surface area contributed by atoms with E-state index in [1.807, 2.05) is 37.3 Å². The van der Waals surface area contributed by atoms with E-state index in [-0.39, 0.29) is 5.56 Å². The summed E-state index contributed by atoms with van der Waals surface area (Å²) in [7, 11) is 0. The van der Waals surface area contributed by atoms with Crippen LogP contribution in [0, 0.1) is 0 Å². The summed E-state index contributed by atoms with van der Waals surface area (Å²) in [6.45, 7) is 6.27. The van der Waals surface area contributed by atoms with Gasteiger partial charge in [-0.05, 0) is 19.1 Å². The van der Waals surface area contributed by atoms with Gasteiger partial charge in [0.15, 0.2) is 5.16 Å². The fourth-order valence-corrected chi connectivity index (χ4v) is 2.47. The second-order valence-electron chi connectivity index (χ2n) is 3.56. The molecule has 2 rings (SSSR count). The van der Waals surface area contributed by atoms with Gasteiger partial charge in [-0.1, -0.05) is 30.0 Å². The molecule has 0 spiro atoms. The van der Waals surface area contributed by atoms with Crippen LogP contribution in [0.2, 0.25) is 0 Å². The summed E-state index contributed by atoms with van der Waals surface area (Å²) >= 11 is 1.53. The Balaban J connectivity index is 2.66. The molecule has 0 bridgehead atoms. The van der Waals surface area contributed by atoms with E-state index in [2.05, 4.69) is 11.6 Å². The Labute approximate surface area is 104 Å². The number of aromatic nitrogens is 2. The average molecular weight is 246 g/mol. The van der Waals surface area contributed by atoms with Crippen LogP contribution in [0.1, 0.15) is 6.92 Å². The first-order valence-electron chi connectivity index (χ1n) is 5.51. The molecule has 0 atom stereocenters. The molecular weight excluding hydrogens is 232 g/mol. The maximum Gasteiger partial charge on any atom is 0.262 e. The molecule has 0 amide bonds. The van der Waals surface area contributed by atoms with E-state index in [1.54, 1.807) is 4.57 Å². The summed E-state index contributed by atoms with van der Waals surface area (Å²) in [6.07, 6.45) is 1.81. The molecule has 0 aliphatic carbocycles. The second kappa shape index (κ2) is 5.19. The fourth-order valence-electron chi connectivity index (χ4n) is 1.67. The van der Waals surface area contributed by atoms with Crippen LogP contribution in [0.25, 0.3) is 10.9 Å². The van der Waals surface area contributed by atoms with E-state index in [0.717, 1.165) is 16.4 Å². The Kier molecular flexibility index (Phi) is 3.64. The van der Waals surface area contributed by atoms with Crippen molar-refractivity contribution in [2.45, 2.75) is 18.6 Å². The minimum absolute atomic E-state index is 0.0321. The lowest BCUT2D eigenvalue weighted by atomic mass is 10.2. The molecule has 1 heterocycles. The number of rotatable bonds is 4. The Hall–Kier alpha value is -1.55. The number of thioether (sulfide) groups is 1. The van der Waals surface area contributed by atoms with E-state index in [0.29, 0.717) is 11.9 Å². The highest BCUT2D eigenvalue weighted by atomic mass is 32.2. The number of fused-ring (bicyclic) bond motifs is 1. The zero-order valence-corrected chi connectivity index (χ0v) is 10.5. The van der Waals surface area contributed by atoms with Crippen LogP contribution >= 0.6 is 11.8 Å². The van der Waals surface area contributed by atoms with Gasteiger partial charge in [0.25, 0.3) is 5.56 Å². The molecule has 2 aromatic rings. The van der Waals surface area contributed by atoms with Gasteiger partial charge < -0.3 is 0 Å². The minimum atomic E-state index is 0.0321. The van der Waals surface area contributed by atoms with Crippen LogP contribution in [0.4, 0.5) is 0 Å². The van der Waals surface area contributed by atoms with Gasteiger partial charge in [0.2, 0.25) is 0 Å². The van der Waals surface area contributed by atoms with Gasteiger partial charge in [0.05, 0.1) is 10.9 Å². The zero-order chi connectivity index (χ0) is 12.3. The van der Waals surface area contributed by atoms with Gasteiger partial charge in [-0.2, -0.15) is 0 Å². The monoisotopic (exact) mass is 246 g/mol. The van der Waals surface area contributed by atoms with Crippen molar-refractivity contribution in [2.24, 2.45) is 0 Å². The normalized spacial score (nSPS) is 10.6. The number of para-hydroxylation sites is 1. The largest absolute Gasteiger partial charge is 0.287 e. The summed E-state index contributed by atoms with van der Waals surface area (Å²) in [5.41, 5.74) is 0.790. The molecule has 0 radical (unpaired) electrons. The Bertz CT molecular complexity index is 604. The van der Waals surface area contributed by atoms with Crippen molar-refractivity contribution < 1.29 is 0 Å². The third-order valence-corrected chi connectivity index (χ3v) is 3.45. The predicted octanol–water partition coefficient (Wildman–Crippen LogP) is 2.69. The van der Waals surface area contributed by atoms with Gasteiger partial charge in [-0.3, -0.25) is 9.36 Å². The summed E-state index contributed by atoms with van der Waals surface area (Å²) in [4.78, 5) is 16.7. The highest BCUT2D eigenvalue weighted by Crippen LogP contribution is 2.17. The number of benzene rings is 1. The summed E-state index contributed by atoms with van der Waals surface area (Å²) in [5, 5.41) is 1.44. The first-order chi connectivity index (χ1) is 8.27. The van der Waals surface area contributed by atoms with Crippen molar-refractivity contribution in [2.75, 3.05) is 5.75 Å². The van der Waals surface area contributed by atoms with Gasteiger partial charge in [-0.15, -0.1) is 6.58 Å². The molecule has 1 aromatic heterocycles. The van der Waals surface area contributed by atoms with Crippen LogP contribution in [0.5, 0.6) is 0 Å². The van der Waals surface area contributed by atoms with E-state index in [9.17, 15) is 4.79 Å². The second-order valence-corrected chi connectivity index (χ2v) is 4.55. The van der Waals surface area contributed by atoms with Crippen LogP contribution in [0.3, 0.4) is 0 Å². The SMILES string of the molecule is C=CCSc1nc2ccccc2c(=O)n1CC. The number of hydrogen-bond acceptors (Lipinski definition) is 3. The third-order valence-electron chi connectivity index (χ3n) is 2.47. The van der Waals surface area contributed by atoms with Crippen molar-refractivity contribution in [1.29, 1.82) is 0 Å². The molecule has 17 heavy (non-hydrogen) atoms. The molecule has 0 aliphatic rings. The Morgan fingerprint density at radius 2 is 2.24 bits per heavy atom. The molecule has 0 saturated carbocycles. The van der Waals surface area contributed by atoms with E-state index in [1.165, 1.54) is 11.8 Å². The zero-order valence-electron chi connectivity index (χ0n) is 9.72. The maximum atomic E-state index is 12.2. The standard InChI is InChI=1S/C13H14N2OS/c1-3-9-17-13-14-11-8-6-5-7-10(11)12(16)15(13)4-2/h3,5-8H,1,4,9H2,2H3. The summed E-state index contributed by atoms with van der Waals surface area (Å²) in [6, 6.07) is 7.45. The molecule has 0 fully saturated rings. The molecule has 0 N–H and O–H groups in total. The molecule has 4 heteroatoms. The fraction of sp³-hybridized carbons (Fsp3) is 0.231. The molecule has 88 valence electrons.